The molecular formula is C16H14N4O4S. The number of aromatic nitrogens is 2. The molecule has 0 fully saturated rings. The molecule has 0 spiro atoms. The van der Waals surface area contributed by atoms with Crippen LogP contribution in [0.15, 0.2) is 30.6 Å². The molecule has 8 nitrogen and oxygen atoms in total. The van der Waals surface area contributed by atoms with Crippen molar-refractivity contribution in [1.29, 1.82) is 0 Å². The van der Waals surface area contributed by atoms with Gasteiger partial charge in [-0.15, -0.1) is 11.3 Å². The summed E-state index contributed by atoms with van der Waals surface area (Å²) in [5.41, 5.74) is 6.30. The van der Waals surface area contributed by atoms with Gasteiger partial charge < -0.3 is 20.5 Å². The molecule has 0 aliphatic carbocycles. The average molecular weight is 358 g/mol. The number of ether oxygens (including phenoxy) is 2. The number of thiophene rings is 1. The lowest BCUT2D eigenvalue weighted by Gasteiger charge is -2.11. The predicted octanol–water partition coefficient (Wildman–Crippen LogP) is 2.06. The summed E-state index contributed by atoms with van der Waals surface area (Å²) < 4.78 is 10.4. The highest BCUT2D eigenvalue weighted by Crippen LogP contribution is 2.34. The summed E-state index contributed by atoms with van der Waals surface area (Å²) in [5, 5.41) is 2.69. The van der Waals surface area contributed by atoms with Gasteiger partial charge in [0.15, 0.2) is 0 Å². The number of carbonyl (C=O) groups is 2. The zero-order valence-electron chi connectivity index (χ0n) is 13.4. The number of amides is 2. The number of nitrogens with two attached hydrogens (primary N) is 1. The fourth-order valence-electron chi connectivity index (χ4n) is 2.29. The second-order valence-corrected chi connectivity index (χ2v) is 5.90. The van der Waals surface area contributed by atoms with E-state index in [4.69, 9.17) is 15.2 Å². The van der Waals surface area contributed by atoms with Crippen molar-refractivity contribution < 1.29 is 19.1 Å². The van der Waals surface area contributed by atoms with Gasteiger partial charge in [0, 0.05) is 12.4 Å². The zero-order valence-corrected chi connectivity index (χ0v) is 14.2. The van der Waals surface area contributed by atoms with Crippen LogP contribution in [0, 0.1) is 0 Å². The number of rotatable bonds is 5. The normalized spacial score (nSPS) is 10.5. The molecule has 0 aliphatic rings. The van der Waals surface area contributed by atoms with Gasteiger partial charge in [0.2, 0.25) is 0 Å². The molecule has 3 rings (SSSR count). The number of hydrogen-bond acceptors (Lipinski definition) is 7. The highest BCUT2D eigenvalue weighted by atomic mass is 32.1. The fraction of sp³-hybridized carbons (Fsp3) is 0.125. The maximum absolute atomic E-state index is 12.7. The lowest BCUT2D eigenvalue weighted by atomic mass is 10.1. The molecule has 25 heavy (non-hydrogen) atoms. The van der Waals surface area contributed by atoms with Crippen LogP contribution < -0.4 is 20.5 Å². The van der Waals surface area contributed by atoms with E-state index in [1.165, 1.54) is 26.6 Å². The Bertz CT molecular complexity index is 970. The number of carbonyl (C=O) groups excluding carboxylic acids is 2. The molecule has 0 saturated heterocycles. The summed E-state index contributed by atoms with van der Waals surface area (Å²) in [4.78, 5) is 33.4. The highest BCUT2D eigenvalue weighted by molar-refractivity contribution is 7.21. The number of benzene rings is 1. The largest absolute Gasteiger partial charge is 0.497 e. The van der Waals surface area contributed by atoms with Crippen LogP contribution in [0.4, 0.5) is 5.69 Å². The summed E-state index contributed by atoms with van der Waals surface area (Å²) in [6, 6.07) is 4.84. The smallest absolute Gasteiger partial charge is 0.261 e. The molecule has 128 valence electrons. The lowest BCUT2D eigenvalue weighted by molar-refractivity contribution is 0.100. The Morgan fingerprint density at radius 1 is 1.16 bits per heavy atom. The summed E-state index contributed by atoms with van der Waals surface area (Å²) in [6.45, 7) is 0. The Balaban J connectivity index is 2.06. The molecule has 0 bridgehead atoms. The maximum atomic E-state index is 12.7. The van der Waals surface area contributed by atoms with Gasteiger partial charge in [-0.3, -0.25) is 9.59 Å². The summed E-state index contributed by atoms with van der Waals surface area (Å²) >= 11 is 1.07. The van der Waals surface area contributed by atoms with E-state index in [-0.39, 0.29) is 16.1 Å². The van der Waals surface area contributed by atoms with E-state index in [1.54, 1.807) is 18.2 Å². The molecule has 2 heterocycles. The van der Waals surface area contributed by atoms with Gasteiger partial charge in [-0.2, -0.15) is 0 Å². The van der Waals surface area contributed by atoms with Gasteiger partial charge in [0.05, 0.1) is 25.5 Å². The first-order chi connectivity index (χ1) is 12.0. The van der Waals surface area contributed by atoms with E-state index < -0.39 is 11.8 Å². The number of anilines is 1. The van der Waals surface area contributed by atoms with Crippen LogP contribution in [-0.4, -0.2) is 36.0 Å². The van der Waals surface area contributed by atoms with Gasteiger partial charge in [0.25, 0.3) is 11.8 Å². The second kappa shape index (κ2) is 6.73. The molecule has 0 radical (unpaired) electrons. The number of primary amides is 1. The molecule has 1 aromatic carbocycles. The van der Waals surface area contributed by atoms with Crippen LogP contribution in [0.5, 0.6) is 11.5 Å². The molecule has 2 aromatic heterocycles. The van der Waals surface area contributed by atoms with Crippen LogP contribution in [0.3, 0.4) is 0 Å². The third kappa shape index (κ3) is 3.09. The van der Waals surface area contributed by atoms with Crippen molar-refractivity contribution in [2.24, 2.45) is 5.73 Å². The minimum atomic E-state index is -0.669. The minimum absolute atomic E-state index is 0.177. The third-order valence-corrected chi connectivity index (χ3v) is 4.54. The number of methoxy groups -OCH3 is 2. The highest BCUT2D eigenvalue weighted by Gasteiger charge is 2.22. The third-order valence-electron chi connectivity index (χ3n) is 3.44. The van der Waals surface area contributed by atoms with E-state index in [9.17, 15) is 9.59 Å². The first-order valence-corrected chi connectivity index (χ1v) is 7.93. The van der Waals surface area contributed by atoms with Crippen LogP contribution in [0.2, 0.25) is 0 Å². The van der Waals surface area contributed by atoms with E-state index in [0.29, 0.717) is 21.8 Å². The van der Waals surface area contributed by atoms with Gasteiger partial charge in [-0.1, -0.05) is 0 Å². The number of nitrogens with one attached hydrogen (secondary N) is 1. The molecule has 0 atom stereocenters. The van der Waals surface area contributed by atoms with Crippen LogP contribution >= 0.6 is 11.3 Å². The van der Waals surface area contributed by atoms with Gasteiger partial charge in [-0.05, 0) is 18.2 Å². The van der Waals surface area contributed by atoms with E-state index in [0.717, 1.165) is 11.3 Å². The molecule has 3 aromatic rings. The first kappa shape index (κ1) is 16.7. The van der Waals surface area contributed by atoms with Crippen molar-refractivity contribution in [3.63, 3.8) is 0 Å². The molecule has 0 saturated carbocycles. The van der Waals surface area contributed by atoms with Crippen molar-refractivity contribution in [2.45, 2.75) is 0 Å². The van der Waals surface area contributed by atoms with Crippen molar-refractivity contribution >= 4 is 39.2 Å². The van der Waals surface area contributed by atoms with Crippen molar-refractivity contribution in [3.8, 4) is 11.5 Å². The van der Waals surface area contributed by atoms with Crippen LogP contribution in [-0.2, 0) is 0 Å². The summed E-state index contributed by atoms with van der Waals surface area (Å²) in [6.07, 6.45) is 2.97. The van der Waals surface area contributed by atoms with Crippen molar-refractivity contribution in [2.75, 3.05) is 19.5 Å². The Morgan fingerprint density at radius 3 is 2.60 bits per heavy atom. The Labute approximate surface area is 146 Å². The Morgan fingerprint density at radius 2 is 1.92 bits per heavy atom. The second-order valence-electron chi connectivity index (χ2n) is 4.90. The molecule has 9 heteroatoms. The Hall–Kier alpha value is -3.20. The van der Waals surface area contributed by atoms with Crippen LogP contribution in [0.25, 0.3) is 10.3 Å². The minimum Gasteiger partial charge on any atom is -0.497 e. The predicted molar refractivity (Wildman–Crippen MR) is 93.4 cm³/mol. The lowest BCUT2D eigenvalue weighted by Crippen LogP contribution is -2.17. The number of nitrogens with zero attached hydrogens (tertiary/aromatic N) is 2. The molecular weight excluding hydrogens is 344 g/mol. The van der Waals surface area contributed by atoms with Crippen molar-refractivity contribution in [1.82, 2.24) is 9.97 Å². The Kier molecular flexibility index (Phi) is 4.48. The van der Waals surface area contributed by atoms with Gasteiger partial charge in [-0.25, -0.2) is 9.97 Å². The topological polar surface area (TPSA) is 116 Å². The quantitative estimate of drug-likeness (QED) is 0.721. The van der Waals surface area contributed by atoms with Gasteiger partial charge >= 0.3 is 0 Å². The van der Waals surface area contributed by atoms with Gasteiger partial charge in [0.1, 0.15) is 26.7 Å². The van der Waals surface area contributed by atoms with Crippen molar-refractivity contribution in [3.05, 3.63) is 41.0 Å². The standard InChI is InChI=1S/C16H14N4O4S/c1-23-8-3-4-10(24-2)9(7-8)15(22)20-11-12-16(19-6-5-18-12)25-13(11)14(17)21/h3-7H,1-2H3,(H2,17,21)(H,20,22). The molecule has 0 aliphatic heterocycles. The SMILES string of the molecule is COc1ccc(OC)c(C(=O)Nc2c(C(N)=O)sc3nccnc23)c1. The first-order valence-electron chi connectivity index (χ1n) is 7.11. The average Bonchev–Trinajstić information content (AvgIpc) is 3.00. The maximum Gasteiger partial charge on any atom is 0.261 e. The number of hydrogen-bond donors (Lipinski definition) is 2. The monoisotopic (exact) mass is 358 g/mol. The van der Waals surface area contributed by atoms with Crippen LogP contribution in [0.1, 0.15) is 20.0 Å². The summed E-state index contributed by atoms with van der Waals surface area (Å²) in [7, 11) is 2.95. The zero-order chi connectivity index (χ0) is 18.0. The molecule has 0 unspecified atom stereocenters. The molecule has 2 amide bonds. The molecule has 3 N–H and O–H groups in total. The fourth-order valence-corrected chi connectivity index (χ4v) is 3.20. The van der Waals surface area contributed by atoms with E-state index in [1.807, 2.05) is 0 Å². The number of fused-ring (bicyclic) bond motifs is 1. The van der Waals surface area contributed by atoms with E-state index in [2.05, 4.69) is 15.3 Å². The summed E-state index contributed by atoms with van der Waals surface area (Å²) in [5.74, 6) is -0.290. The van der Waals surface area contributed by atoms with E-state index >= 15 is 0 Å².